The van der Waals surface area contributed by atoms with E-state index >= 15 is 0 Å². The van der Waals surface area contributed by atoms with E-state index in [1.165, 1.54) is 0 Å². The fraction of sp³-hybridized carbons (Fsp3) is 0.917. The maximum atomic E-state index is 8.78. The zero-order valence-electron chi connectivity index (χ0n) is 10.2. The fourth-order valence-electron chi connectivity index (χ4n) is 1.90. The lowest BCUT2D eigenvalue weighted by Crippen LogP contribution is -2.34. The summed E-state index contributed by atoms with van der Waals surface area (Å²) in [5, 5.41) is 8.78. The molecule has 1 unspecified atom stereocenters. The molecule has 0 saturated carbocycles. The van der Waals surface area contributed by atoms with Gasteiger partial charge in [0.1, 0.15) is 5.54 Å². The molecule has 4 heteroatoms. The van der Waals surface area contributed by atoms with Crippen molar-refractivity contribution in [1.82, 2.24) is 4.90 Å². The van der Waals surface area contributed by atoms with Crippen LogP contribution in [0.5, 0.6) is 0 Å². The molecule has 1 aliphatic rings. The van der Waals surface area contributed by atoms with Crippen LogP contribution in [0, 0.1) is 11.3 Å². The van der Waals surface area contributed by atoms with Crippen molar-refractivity contribution in [3.05, 3.63) is 0 Å². The average Bonchev–Trinajstić information content (AvgIpc) is 2.53. The van der Waals surface area contributed by atoms with E-state index in [-0.39, 0.29) is 0 Å². The Morgan fingerprint density at radius 2 is 2.19 bits per heavy atom. The number of nitriles is 1. The SMILES string of the molecule is CC(N)(C#N)CCCCN1CCCOCC1. The molecule has 0 aromatic carbocycles. The van der Waals surface area contributed by atoms with Gasteiger partial charge in [-0.1, -0.05) is 0 Å². The smallest absolute Gasteiger partial charge is 0.101 e. The minimum absolute atomic E-state index is 0.651. The highest BCUT2D eigenvalue weighted by atomic mass is 16.5. The topological polar surface area (TPSA) is 62.3 Å². The third-order valence-electron chi connectivity index (χ3n) is 2.99. The predicted octanol–water partition coefficient (Wildman–Crippen LogP) is 1.12. The summed E-state index contributed by atoms with van der Waals surface area (Å²) in [4.78, 5) is 2.44. The largest absolute Gasteiger partial charge is 0.380 e. The average molecular weight is 225 g/mol. The summed E-state index contributed by atoms with van der Waals surface area (Å²) < 4.78 is 5.40. The van der Waals surface area contributed by atoms with Crippen molar-refractivity contribution < 1.29 is 4.74 Å². The van der Waals surface area contributed by atoms with Crippen molar-refractivity contribution >= 4 is 0 Å². The highest BCUT2D eigenvalue weighted by Gasteiger charge is 2.16. The van der Waals surface area contributed by atoms with Crippen LogP contribution < -0.4 is 5.73 Å². The summed E-state index contributed by atoms with van der Waals surface area (Å²) in [6.45, 7) is 6.83. The van der Waals surface area contributed by atoms with Crippen molar-refractivity contribution in [2.45, 2.75) is 38.1 Å². The summed E-state index contributed by atoms with van der Waals surface area (Å²) in [6, 6.07) is 2.13. The fourth-order valence-corrected chi connectivity index (χ4v) is 1.90. The van der Waals surface area contributed by atoms with Crippen LogP contribution in [0.1, 0.15) is 32.6 Å². The number of nitrogens with two attached hydrogens (primary N) is 1. The highest BCUT2D eigenvalue weighted by Crippen LogP contribution is 2.10. The molecule has 4 nitrogen and oxygen atoms in total. The van der Waals surface area contributed by atoms with Gasteiger partial charge >= 0.3 is 0 Å². The van der Waals surface area contributed by atoms with E-state index < -0.39 is 5.54 Å². The second kappa shape index (κ2) is 6.85. The van der Waals surface area contributed by atoms with Gasteiger partial charge in [0.25, 0.3) is 0 Å². The first kappa shape index (κ1) is 13.4. The summed E-state index contributed by atoms with van der Waals surface area (Å²) in [5.41, 5.74) is 5.11. The van der Waals surface area contributed by atoms with Gasteiger partial charge in [-0.2, -0.15) is 5.26 Å². The minimum Gasteiger partial charge on any atom is -0.380 e. The molecule has 0 aromatic heterocycles. The second-order valence-corrected chi connectivity index (χ2v) is 4.79. The van der Waals surface area contributed by atoms with Crippen molar-refractivity contribution in [1.29, 1.82) is 5.26 Å². The van der Waals surface area contributed by atoms with Crippen LogP contribution in [0.25, 0.3) is 0 Å². The zero-order valence-corrected chi connectivity index (χ0v) is 10.2. The molecule has 0 bridgehead atoms. The molecule has 16 heavy (non-hydrogen) atoms. The predicted molar refractivity (Wildman–Crippen MR) is 63.9 cm³/mol. The molecular formula is C12H23N3O. The Morgan fingerprint density at radius 1 is 1.38 bits per heavy atom. The van der Waals surface area contributed by atoms with Crippen LogP contribution in [0.15, 0.2) is 0 Å². The first-order valence-corrected chi connectivity index (χ1v) is 6.14. The van der Waals surface area contributed by atoms with Crippen molar-refractivity contribution in [3.63, 3.8) is 0 Å². The highest BCUT2D eigenvalue weighted by molar-refractivity contribution is 5.00. The van der Waals surface area contributed by atoms with Gasteiger partial charge in [-0.3, -0.25) is 0 Å². The Morgan fingerprint density at radius 3 is 2.94 bits per heavy atom. The molecule has 2 N–H and O–H groups in total. The molecule has 0 aromatic rings. The molecule has 92 valence electrons. The van der Waals surface area contributed by atoms with E-state index in [1.54, 1.807) is 6.92 Å². The van der Waals surface area contributed by atoms with E-state index in [4.69, 9.17) is 15.7 Å². The number of hydrogen-bond donors (Lipinski definition) is 1. The van der Waals surface area contributed by atoms with E-state index in [2.05, 4.69) is 11.0 Å². The van der Waals surface area contributed by atoms with Crippen molar-refractivity contribution in [3.8, 4) is 6.07 Å². The lowest BCUT2D eigenvalue weighted by molar-refractivity contribution is 0.141. The van der Waals surface area contributed by atoms with Crippen LogP contribution in [0.3, 0.4) is 0 Å². The molecule has 1 atom stereocenters. The number of hydrogen-bond acceptors (Lipinski definition) is 4. The van der Waals surface area contributed by atoms with Gasteiger partial charge in [0.05, 0.1) is 12.7 Å². The molecule has 0 spiro atoms. The third kappa shape index (κ3) is 5.45. The first-order valence-electron chi connectivity index (χ1n) is 6.14. The molecule has 0 aliphatic carbocycles. The molecule has 0 amide bonds. The van der Waals surface area contributed by atoms with Crippen LogP contribution in [-0.2, 0) is 4.74 Å². The second-order valence-electron chi connectivity index (χ2n) is 4.79. The van der Waals surface area contributed by atoms with Gasteiger partial charge in [0, 0.05) is 19.7 Å². The summed E-state index contributed by atoms with van der Waals surface area (Å²) in [6.07, 6.45) is 4.06. The van der Waals surface area contributed by atoms with Gasteiger partial charge in [-0.05, 0) is 39.2 Å². The van der Waals surface area contributed by atoms with Crippen molar-refractivity contribution in [2.75, 3.05) is 32.8 Å². The van der Waals surface area contributed by atoms with Crippen LogP contribution in [0.2, 0.25) is 0 Å². The molecule has 1 heterocycles. The Labute approximate surface area is 98.4 Å². The Kier molecular flexibility index (Phi) is 5.75. The minimum atomic E-state index is -0.651. The van der Waals surface area contributed by atoms with Crippen LogP contribution >= 0.6 is 0 Å². The molecule has 1 fully saturated rings. The van der Waals surface area contributed by atoms with Gasteiger partial charge in [0.2, 0.25) is 0 Å². The number of nitrogens with zero attached hydrogens (tertiary/aromatic N) is 2. The summed E-state index contributed by atoms with van der Waals surface area (Å²) in [7, 11) is 0. The normalized spacial score (nSPS) is 22.1. The van der Waals surface area contributed by atoms with Gasteiger partial charge in [-0.25, -0.2) is 0 Å². The quantitative estimate of drug-likeness (QED) is 0.712. The van der Waals surface area contributed by atoms with Gasteiger partial charge in [0.15, 0.2) is 0 Å². The summed E-state index contributed by atoms with van der Waals surface area (Å²) in [5.74, 6) is 0. The number of rotatable bonds is 5. The van der Waals surface area contributed by atoms with E-state index in [1.807, 2.05) is 0 Å². The Bertz CT molecular complexity index is 227. The first-order chi connectivity index (χ1) is 7.64. The molecule has 1 rings (SSSR count). The maximum absolute atomic E-state index is 8.78. The van der Waals surface area contributed by atoms with Crippen LogP contribution in [-0.4, -0.2) is 43.3 Å². The lowest BCUT2D eigenvalue weighted by atomic mass is 9.98. The van der Waals surface area contributed by atoms with E-state index in [0.717, 1.165) is 58.5 Å². The van der Waals surface area contributed by atoms with E-state index in [9.17, 15) is 0 Å². The van der Waals surface area contributed by atoms with E-state index in [0.29, 0.717) is 0 Å². The summed E-state index contributed by atoms with van der Waals surface area (Å²) >= 11 is 0. The van der Waals surface area contributed by atoms with Gasteiger partial charge in [-0.15, -0.1) is 0 Å². The standard InChI is InChI=1S/C12H23N3O/c1-12(14,11-13)5-2-3-6-15-7-4-9-16-10-8-15/h2-10,14H2,1H3. The molecule has 1 saturated heterocycles. The lowest BCUT2D eigenvalue weighted by Gasteiger charge is -2.20. The molecule has 1 aliphatic heterocycles. The van der Waals surface area contributed by atoms with Crippen molar-refractivity contribution in [2.24, 2.45) is 5.73 Å². The molecule has 0 radical (unpaired) electrons. The third-order valence-corrected chi connectivity index (χ3v) is 2.99. The Hall–Kier alpha value is -0.630. The molecular weight excluding hydrogens is 202 g/mol. The van der Waals surface area contributed by atoms with Crippen LogP contribution in [0.4, 0.5) is 0 Å². The monoisotopic (exact) mass is 225 g/mol. The Balaban J connectivity index is 2.08. The maximum Gasteiger partial charge on any atom is 0.101 e. The zero-order chi connectivity index (χ0) is 11.9. The number of unbranched alkanes of at least 4 members (excludes halogenated alkanes) is 1. The number of ether oxygens (including phenoxy) is 1. The van der Waals surface area contributed by atoms with Gasteiger partial charge < -0.3 is 15.4 Å².